The molecule has 104 valence electrons. The van der Waals surface area contributed by atoms with Crippen LogP contribution in [-0.2, 0) is 0 Å². The fraction of sp³-hybridized carbons (Fsp3) is 0. The summed E-state index contributed by atoms with van der Waals surface area (Å²) in [5.41, 5.74) is 1.79. The third kappa shape index (κ3) is 3.01. The van der Waals surface area contributed by atoms with E-state index in [-0.39, 0.29) is 5.69 Å². The molecule has 0 aliphatic heterocycles. The molecule has 0 amide bonds. The summed E-state index contributed by atoms with van der Waals surface area (Å²) in [6.45, 7) is 0. The minimum Gasteiger partial charge on any atom is -0.258 e. The summed E-state index contributed by atoms with van der Waals surface area (Å²) in [5.74, 6) is 0. The summed E-state index contributed by atoms with van der Waals surface area (Å²) in [7, 11) is 0. The zero-order valence-corrected chi connectivity index (χ0v) is 13.1. The highest BCUT2D eigenvalue weighted by Gasteiger charge is 2.11. The van der Waals surface area contributed by atoms with Crippen molar-refractivity contribution in [2.45, 2.75) is 0 Å². The maximum absolute atomic E-state index is 10.9. The van der Waals surface area contributed by atoms with Crippen LogP contribution >= 0.6 is 27.3 Å². The molecule has 21 heavy (non-hydrogen) atoms. The molecule has 0 saturated heterocycles. The molecule has 0 bridgehead atoms. The van der Waals surface area contributed by atoms with Crippen LogP contribution in [0.3, 0.4) is 0 Å². The molecule has 0 unspecified atom stereocenters. The highest BCUT2D eigenvalue weighted by atomic mass is 79.9. The molecule has 0 aliphatic carbocycles. The van der Waals surface area contributed by atoms with Gasteiger partial charge in [0.2, 0.25) is 0 Å². The van der Waals surface area contributed by atoms with Crippen molar-refractivity contribution in [3.05, 3.63) is 67.6 Å². The largest absolute Gasteiger partial charge is 0.284 e. The molecule has 0 spiro atoms. The lowest BCUT2D eigenvalue weighted by atomic mass is 10.2. The minimum atomic E-state index is -0.404. The average Bonchev–Trinajstić information content (AvgIpc) is 2.89. The van der Waals surface area contributed by atoms with Crippen LogP contribution in [0.15, 0.2) is 46.9 Å². The maximum Gasteiger partial charge on any atom is 0.284 e. The molecule has 4 nitrogen and oxygen atoms in total. The molecule has 0 fully saturated rings. The van der Waals surface area contributed by atoms with E-state index in [1.807, 2.05) is 42.5 Å². The molecule has 1 heterocycles. The third-order valence-electron chi connectivity index (χ3n) is 2.90. The van der Waals surface area contributed by atoms with Gasteiger partial charge in [-0.1, -0.05) is 24.3 Å². The van der Waals surface area contributed by atoms with E-state index in [4.69, 9.17) is 0 Å². The van der Waals surface area contributed by atoms with Crippen molar-refractivity contribution in [1.82, 2.24) is 4.98 Å². The zero-order chi connectivity index (χ0) is 14.8. The maximum atomic E-state index is 10.9. The lowest BCUT2D eigenvalue weighted by molar-refractivity contribution is -0.385. The minimum absolute atomic E-state index is 0.0569. The van der Waals surface area contributed by atoms with Crippen molar-refractivity contribution in [2.24, 2.45) is 0 Å². The number of hydrogen-bond donors (Lipinski definition) is 0. The Balaban J connectivity index is 1.92. The van der Waals surface area contributed by atoms with Crippen LogP contribution < -0.4 is 0 Å². The second-order valence-electron chi connectivity index (χ2n) is 4.32. The Hall–Kier alpha value is -2.05. The molecule has 2 aromatic carbocycles. The summed E-state index contributed by atoms with van der Waals surface area (Å²) < 4.78 is 1.60. The van der Waals surface area contributed by atoms with E-state index in [2.05, 4.69) is 20.9 Å². The Morgan fingerprint density at radius 3 is 2.76 bits per heavy atom. The monoisotopic (exact) mass is 360 g/mol. The zero-order valence-electron chi connectivity index (χ0n) is 10.7. The Bertz CT molecular complexity index is 825. The van der Waals surface area contributed by atoms with E-state index in [1.54, 1.807) is 17.4 Å². The Morgan fingerprint density at radius 2 is 2.00 bits per heavy atom. The van der Waals surface area contributed by atoms with E-state index < -0.39 is 4.92 Å². The van der Waals surface area contributed by atoms with Crippen molar-refractivity contribution in [1.29, 1.82) is 0 Å². The molecule has 1 aromatic heterocycles. The summed E-state index contributed by atoms with van der Waals surface area (Å²) in [6, 6.07) is 13.0. The van der Waals surface area contributed by atoms with Gasteiger partial charge in [-0.3, -0.25) is 10.1 Å². The summed E-state index contributed by atoms with van der Waals surface area (Å²) in [4.78, 5) is 15.0. The first-order chi connectivity index (χ1) is 10.1. The number of thiazole rings is 1. The van der Waals surface area contributed by atoms with Crippen molar-refractivity contribution in [2.75, 3.05) is 0 Å². The fourth-order valence-electron chi connectivity index (χ4n) is 1.90. The Kier molecular flexibility index (Phi) is 3.81. The van der Waals surface area contributed by atoms with Crippen LogP contribution in [-0.4, -0.2) is 9.91 Å². The number of aromatic nitrogens is 1. The summed E-state index contributed by atoms with van der Waals surface area (Å²) >= 11 is 4.76. The second kappa shape index (κ2) is 5.75. The van der Waals surface area contributed by atoms with Gasteiger partial charge in [0.15, 0.2) is 0 Å². The van der Waals surface area contributed by atoms with Gasteiger partial charge >= 0.3 is 0 Å². The van der Waals surface area contributed by atoms with E-state index >= 15 is 0 Å². The number of halogens is 1. The lowest BCUT2D eigenvalue weighted by Crippen LogP contribution is -1.89. The number of fused-ring (bicyclic) bond motifs is 1. The Labute approximate surface area is 133 Å². The average molecular weight is 361 g/mol. The number of nitro benzene ring substituents is 1. The van der Waals surface area contributed by atoms with Gasteiger partial charge in [-0.15, -0.1) is 11.3 Å². The highest BCUT2D eigenvalue weighted by molar-refractivity contribution is 9.10. The quantitative estimate of drug-likeness (QED) is 0.480. The van der Waals surface area contributed by atoms with Gasteiger partial charge in [0.25, 0.3) is 5.69 Å². The third-order valence-corrected chi connectivity index (χ3v) is 4.57. The SMILES string of the molecule is O=[N+]([O-])c1cc(/C=C/c2nc3ccccc3s2)ccc1Br. The van der Waals surface area contributed by atoms with Gasteiger partial charge < -0.3 is 0 Å². The molecular formula is C15H9BrN2O2S. The second-order valence-corrected chi connectivity index (χ2v) is 6.24. The van der Waals surface area contributed by atoms with Gasteiger partial charge in [-0.2, -0.15) is 0 Å². The van der Waals surface area contributed by atoms with Crippen LogP contribution in [0.2, 0.25) is 0 Å². The predicted octanol–water partition coefficient (Wildman–Crippen LogP) is 5.14. The molecule has 3 aromatic rings. The molecule has 0 atom stereocenters. The Morgan fingerprint density at radius 1 is 1.19 bits per heavy atom. The van der Waals surface area contributed by atoms with E-state index in [0.29, 0.717) is 4.47 Å². The fourth-order valence-corrected chi connectivity index (χ4v) is 3.16. The van der Waals surface area contributed by atoms with Crippen molar-refractivity contribution in [3.63, 3.8) is 0 Å². The standard InChI is InChI=1S/C15H9BrN2O2S/c16-11-7-5-10(9-13(11)18(19)20)6-8-15-17-12-3-1-2-4-14(12)21-15/h1-9H/b8-6+. The summed E-state index contributed by atoms with van der Waals surface area (Å²) in [5, 5.41) is 11.8. The first kappa shape index (κ1) is 13.9. The molecule has 3 rings (SSSR count). The van der Waals surface area contributed by atoms with Crippen LogP contribution in [0.4, 0.5) is 5.69 Å². The number of nitrogens with zero attached hydrogens (tertiary/aromatic N) is 2. The molecule has 6 heteroatoms. The highest BCUT2D eigenvalue weighted by Crippen LogP contribution is 2.27. The predicted molar refractivity (Wildman–Crippen MR) is 89.3 cm³/mol. The molecule has 0 N–H and O–H groups in total. The first-order valence-electron chi connectivity index (χ1n) is 6.11. The van der Waals surface area contributed by atoms with Gasteiger partial charge in [0.1, 0.15) is 5.01 Å². The van der Waals surface area contributed by atoms with E-state index in [1.165, 1.54) is 6.07 Å². The number of nitro groups is 1. The number of benzene rings is 2. The van der Waals surface area contributed by atoms with Crippen molar-refractivity contribution >= 4 is 55.3 Å². The lowest BCUT2D eigenvalue weighted by Gasteiger charge is -1.97. The van der Waals surface area contributed by atoms with Crippen molar-refractivity contribution < 1.29 is 4.92 Å². The first-order valence-corrected chi connectivity index (χ1v) is 7.72. The molecule has 0 radical (unpaired) electrons. The topological polar surface area (TPSA) is 56.0 Å². The van der Waals surface area contributed by atoms with E-state index in [0.717, 1.165) is 20.8 Å². The molecule has 0 aliphatic rings. The van der Waals surface area contributed by atoms with Crippen molar-refractivity contribution in [3.8, 4) is 0 Å². The number of para-hydroxylation sites is 1. The van der Waals surface area contributed by atoms with Gasteiger partial charge in [0.05, 0.1) is 19.6 Å². The normalized spacial score (nSPS) is 11.3. The number of hydrogen-bond acceptors (Lipinski definition) is 4. The number of rotatable bonds is 3. The molecule has 0 saturated carbocycles. The smallest absolute Gasteiger partial charge is 0.258 e. The van der Waals surface area contributed by atoms with Crippen LogP contribution in [0, 0.1) is 10.1 Å². The van der Waals surface area contributed by atoms with Gasteiger partial charge in [-0.05, 0) is 45.8 Å². The van der Waals surface area contributed by atoms with Gasteiger partial charge in [0, 0.05) is 6.07 Å². The van der Waals surface area contributed by atoms with E-state index in [9.17, 15) is 10.1 Å². The van der Waals surface area contributed by atoms with Crippen LogP contribution in [0.5, 0.6) is 0 Å². The van der Waals surface area contributed by atoms with Crippen LogP contribution in [0.25, 0.3) is 22.4 Å². The van der Waals surface area contributed by atoms with Crippen LogP contribution in [0.1, 0.15) is 10.6 Å². The molecular weight excluding hydrogens is 352 g/mol. The summed E-state index contributed by atoms with van der Waals surface area (Å²) in [6.07, 6.45) is 3.70. The van der Waals surface area contributed by atoms with Gasteiger partial charge in [-0.25, -0.2) is 4.98 Å².